The molecule has 1 aromatic carbocycles. The first-order chi connectivity index (χ1) is 12.8. The lowest BCUT2D eigenvalue weighted by molar-refractivity contribution is 0.0988. The molecule has 0 amide bonds. The molecule has 0 radical (unpaired) electrons. The number of carbonyl (C=O) groups is 1. The second-order valence-corrected chi connectivity index (χ2v) is 7.82. The van der Waals surface area contributed by atoms with Crippen LogP contribution in [-0.2, 0) is 17.7 Å². The number of aromatic nitrogens is 3. The Kier molecular flexibility index (Phi) is 5.26. The number of thioether (sulfide) groups is 1. The van der Waals surface area contributed by atoms with Crippen LogP contribution < -0.4 is 4.90 Å². The van der Waals surface area contributed by atoms with Gasteiger partial charge in [-0.15, -0.1) is 10.2 Å². The third kappa shape index (κ3) is 3.38. The van der Waals surface area contributed by atoms with Crippen LogP contribution in [-0.4, -0.2) is 52.1 Å². The van der Waals surface area contributed by atoms with Gasteiger partial charge in [0.15, 0.2) is 10.9 Å². The molecule has 7 heteroatoms. The van der Waals surface area contributed by atoms with Gasteiger partial charge >= 0.3 is 0 Å². The van der Waals surface area contributed by atoms with Crippen LogP contribution in [0.5, 0.6) is 0 Å². The van der Waals surface area contributed by atoms with Crippen LogP contribution >= 0.6 is 11.8 Å². The van der Waals surface area contributed by atoms with Crippen LogP contribution in [0, 0.1) is 0 Å². The van der Waals surface area contributed by atoms with E-state index in [-0.39, 0.29) is 11.0 Å². The van der Waals surface area contributed by atoms with Crippen LogP contribution in [0.1, 0.15) is 35.7 Å². The number of aryl methyl sites for hydroxylation is 1. The zero-order chi connectivity index (χ0) is 17.9. The first-order valence-electron chi connectivity index (χ1n) is 9.32. The molecular weight excluding hydrogens is 348 g/mol. The monoisotopic (exact) mass is 372 g/mol. The van der Waals surface area contributed by atoms with Crippen LogP contribution in [0.15, 0.2) is 29.4 Å². The normalized spacial score (nSPS) is 20.7. The number of ketones is 1. The van der Waals surface area contributed by atoms with E-state index in [1.54, 1.807) is 11.8 Å². The van der Waals surface area contributed by atoms with E-state index in [1.807, 2.05) is 18.2 Å². The fourth-order valence-electron chi connectivity index (χ4n) is 3.64. The molecular formula is C19H24N4O2S. The van der Waals surface area contributed by atoms with Crippen molar-refractivity contribution in [1.29, 1.82) is 0 Å². The van der Waals surface area contributed by atoms with Gasteiger partial charge in [0, 0.05) is 25.2 Å². The van der Waals surface area contributed by atoms with E-state index < -0.39 is 0 Å². The van der Waals surface area contributed by atoms with Gasteiger partial charge in [-0.25, -0.2) is 0 Å². The summed E-state index contributed by atoms with van der Waals surface area (Å²) in [6.45, 7) is 5.99. The Labute approximate surface area is 157 Å². The van der Waals surface area contributed by atoms with Gasteiger partial charge in [0.1, 0.15) is 0 Å². The minimum Gasteiger partial charge on any atom is -0.378 e. The van der Waals surface area contributed by atoms with Crippen molar-refractivity contribution in [2.45, 2.75) is 43.1 Å². The predicted octanol–water partition coefficient (Wildman–Crippen LogP) is 2.81. The molecule has 26 heavy (non-hydrogen) atoms. The average Bonchev–Trinajstić information content (AvgIpc) is 3.03. The number of rotatable bonds is 4. The van der Waals surface area contributed by atoms with Gasteiger partial charge in [0.2, 0.25) is 5.95 Å². The van der Waals surface area contributed by atoms with E-state index >= 15 is 0 Å². The van der Waals surface area contributed by atoms with Gasteiger partial charge in [-0.2, -0.15) is 0 Å². The Bertz CT molecular complexity index is 786. The molecule has 2 aliphatic rings. The summed E-state index contributed by atoms with van der Waals surface area (Å²) in [6.07, 6.45) is 2.87. The Morgan fingerprint density at radius 2 is 2.04 bits per heavy atom. The lowest BCUT2D eigenvalue weighted by Crippen LogP contribution is -2.38. The number of hydrogen-bond acceptors (Lipinski definition) is 6. The van der Waals surface area contributed by atoms with Crippen LogP contribution in [0.4, 0.5) is 5.95 Å². The first-order valence-corrected chi connectivity index (χ1v) is 10.2. The van der Waals surface area contributed by atoms with Crippen molar-refractivity contribution in [3.8, 4) is 0 Å². The van der Waals surface area contributed by atoms with Gasteiger partial charge in [-0.3, -0.25) is 9.36 Å². The summed E-state index contributed by atoms with van der Waals surface area (Å²) >= 11 is 1.57. The number of benzene rings is 1. The molecule has 1 aliphatic carbocycles. The average molecular weight is 372 g/mol. The molecule has 6 nitrogen and oxygen atoms in total. The summed E-state index contributed by atoms with van der Waals surface area (Å²) < 4.78 is 7.56. The maximum absolute atomic E-state index is 13.0. The quantitative estimate of drug-likeness (QED) is 0.769. The lowest BCUT2D eigenvalue weighted by Gasteiger charge is -2.27. The summed E-state index contributed by atoms with van der Waals surface area (Å²) in [5, 5.41) is 9.59. The highest BCUT2D eigenvalue weighted by Gasteiger charge is 2.29. The van der Waals surface area contributed by atoms with Crippen LogP contribution in [0.2, 0.25) is 0 Å². The van der Waals surface area contributed by atoms with E-state index in [9.17, 15) is 4.79 Å². The van der Waals surface area contributed by atoms with Crippen molar-refractivity contribution in [3.05, 3.63) is 35.4 Å². The summed E-state index contributed by atoms with van der Waals surface area (Å²) in [7, 11) is 0. The number of fused-ring (bicyclic) bond motifs is 1. The molecule has 1 unspecified atom stereocenters. The highest BCUT2D eigenvalue weighted by molar-refractivity contribution is 8.00. The van der Waals surface area contributed by atoms with Crippen molar-refractivity contribution in [2.24, 2.45) is 0 Å². The number of hydrogen-bond donors (Lipinski definition) is 0. The molecule has 1 fully saturated rings. The smallest absolute Gasteiger partial charge is 0.228 e. The number of carbonyl (C=O) groups excluding carboxylic acids is 1. The topological polar surface area (TPSA) is 60.2 Å². The van der Waals surface area contributed by atoms with Crippen molar-refractivity contribution in [2.75, 3.05) is 31.2 Å². The molecule has 0 saturated carbocycles. The van der Waals surface area contributed by atoms with Crippen molar-refractivity contribution >= 4 is 23.5 Å². The third-order valence-corrected chi connectivity index (χ3v) is 6.29. The van der Waals surface area contributed by atoms with Crippen molar-refractivity contribution in [1.82, 2.24) is 14.8 Å². The summed E-state index contributed by atoms with van der Waals surface area (Å²) in [4.78, 5) is 15.3. The van der Waals surface area contributed by atoms with Gasteiger partial charge in [-0.05, 0) is 31.7 Å². The second kappa shape index (κ2) is 7.80. The van der Waals surface area contributed by atoms with E-state index in [2.05, 4.69) is 32.7 Å². The third-order valence-electron chi connectivity index (χ3n) is 5.04. The standard InChI is InChI=1S/C19H24N4O2S/c1-2-23-18(22-10-12-25-13-11-22)20-21-19(23)26-16-9-5-7-14-6-3-4-8-15(14)17(16)24/h3-4,6,8,16H,2,5,7,9-13H2,1H3. The van der Waals surface area contributed by atoms with Crippen LogP contribution in [0.3, 0.4) is 0 Å². The first kappa shape index (κ1) is 17.5. The maximum atomic E-state index is 13.0. The molecule has 138 valence electrons. The van der Waals surface area contributed by atoms with E-state index in [4.69, 9.17) is 4.74 Å². The molecule has 1 aromatic heterocycles. The molecule has 1 aliphatic heterocycles. The zero-order valence-electron chi connectivity index (χ0n) is 15.1. The summed E-state index contributed by atoms with van der Waals surface area (Å²) in [5.41, 5.74) is 2.05. The minimum atomic E-state index is -0.0920. The second-order valence-electron chi connectivity index (χ2n) is 6.65. The molecule has 1 saturated heterocycles. The lowest BCUT2D eigenvalue weighted by atomic mass is 10.0. The molecule has 4 rings (SSSR count). The Morgan fingerprint density at radius 1 is 1.23 bits per heavy atom. The fourth-order valence-corrected chi connectivity index (χ4v) is 4.84. The number of ether oxygens (including phenoxy) is 1. The number of nitrogens with zero attached hydrogens (tertiary/aromatic N) is 4. The van der Waals surface area contributed by atoms with Crippen molar-refractivity contribution < 1.29 is 9.53 Å². The fraction of sp³-hybridized carbons (Fsp3) is 0.526. The van der Waals surface area contributed by atoms with Crippen LogP contribution in [0.25, 0.3) is 0 Å². The van der Waals surface area contributed by atoms with E-state index in [0.29, 0.717) is 0 Å². The highest BCUT2D eigenvalue weighted by Crippen LogP contribution is 2.33. The molecule has 0 spiro atoms. The molecule has 1 atom stereocenters. The highest BCUT2D eigenvalue weighted by atomic mass is 32.2. The van der Waals surface area contributed by atoms with Gasteiger partial charge in [0.25, 0.3) is 0 Å². The maximum Gasteiger partial charge on any atom is 0.228 e. The molecule has 2 aromatic rings. The van der Waals surface area contributed by atoms with Gasteiger partial charge in [-0.1, -0.05) is 36.0 Å². The Hall–Kier alpha value is -1.86. The SMILES string of the molecule is CCn1c(SC2CCCc3ccccc3C2=O)nnc1N1CCOCC1. The Morgan fingerprint density at radius 3 is 2.85 bits per heavy atom. The van der Waals surface area contributed by atoms with E-state index in [0.717, 1.165) is 68.8 Å². The van der Waals surface area contributed by atoms with Crippen molar-refractivity contribution in [3.63, 3.8) is 0 Å². The number of anilines is 1. The predicted molar refractivity (Wildman–Crippen MR) is 102 cm³/mol. The molecule has 0 bridgehead atoms. The van der Waals surface area contributed by atoms with E-state index in [1.165, 1.54) is 5.56 Å². The van der Waals surface area contributed by atoms with Gasteiger partial charge < -0.3 is 9.64 Å². The molecule has 2 heterocycles. The number of morpholine rings is 1. The minimum absolute atomic E-state index is 0.0920. The molecule has 0 N–H and O–H groups in total. The number of Topliss-reactive ketones (excluding diaryl/α,β-unsaturated/α-hetero) is 1. The summed E-state index contributed by atoms with van der Waals surface area (Å²) in [6, 6.07) is 8.00. The Balaban J connectivity index is 1.57. The summed E-state index contributed by atoms with van der Waals surface area (Å²) in [5.74, 6) is 1.11. The largest absolute Gasteiger partial charge is 0.378 e. The zero-order valence-corrected chi connectivity index (χ0v) is 15.9. The van der Waals surface area contributed by atoms with Gasteiger partial charge in [0.05, 0.1) is 18.5 Å².